The molecule has 0 radical (unpaired) electrons. The highest BCUT2D eigenvalue weighted by Gasteiger charge is 2.05. The first-order valence-electron chi connectivity index (χ1n) is 3.76. The maximum atomic E-state index is 5.76. The van der Waals surface area contributed by atoms with Crippen LogP contribution in [0.1, 0.15) is 4.88 Å². The van der Waals surface area contributed by atoms with Crippen LogP contribution in [-0.4, -0.2) is 9.78 Å². The molecule has 3 nitrogen and oxygen atoms in total. The van der Waals surface area contributed by atoms with Crippen molar-refractivity contribution < 1.29 is 0 Å². The summed E-state index contributed by atoms with van der Waals surface area (Å²) >= 11 is 7.44. The molecular weight excluding hydrogens is 206 g/mol. The second-order valence-corrected chi connectivity index (χ2v) is 4.05. The number of anilines is 1. The molecule has 0 unspecified atom stereocenters. The number of halogens is 1. The SMILES string of the molecule is Nc1c(Cl)cnn1Cc1cccs1. The van der Waals surface area contributed by atoms with E-state index >= 15 is 0 Å². The fourth-order valence-corrected chi connectivity index (χ4v) is 1.88. The van der Waals surface area contributed by atoms with E-state index in [2.05, 4.69) is 5.10 Å². The van der Waals surface area contributed by atoms with E-state index in [1.165, 1.54) is 4.88 Å². The predicted molar refractivity (Wildman–Crippen MR) is 55.1 cm³/mol. The molecule has 2 aromatic heterocycles. The Labute approximate surface area is 84.7 Å². The van der Waals surface area contributed by atoms with Crippen LogP contribution in [0.4, 0.5) is 5.82 Å². The molecule has 68 valence electrons. The van der Waals surface area contributed by atoms with Crippen molar-refractivity contribution in [2.75, 3.05) is 5.73 Å². The largest absolute Gasteiger partial charge is 0.383 e. The fraction of sp³-hybridized carbons (Fsp3) is 0.125. The van der Waals surface area contributed by atoms with Gasteiger partial charge in [0.1, 0.15) is 10.8 Å². The molecule has 0 aliphatic rings. The van der Waals surface area contributed by atoms with Gasteiger partial charge in [0.25, 0.3) is 0 Å². The number of rotatable bonds is 2. The van der Waals surface area contributed by atoms with Crippen LogP contribution < -0.4 is 5.73 Å². The lowest BCUT2D eigenvalue weighted by Crippen LogP contribution is -2.04. The highest BCUT2D eigenvalue weighted by Crippen LogP contribution is 2.19. The summed E-state index contributed by atoms with van der Waals surface area (Å²) in [4.78, 5) is 1.21. The summed E-state index contributed by atoms with van der Waals surface area (Å²) < 4.78 is 1.69. The van der Waals surface area contributed by atoms with Gasteiger partial charge >= 0.3 is 0 Å². The van der Waals surface area contributed by atoms with E-state index in [4.69, 9.17) is 17.3 Å². The fourth-order valence-electron chi connectivity index (χ4n) is 1.05. The van der Waals surface area contributed by atoms with Crippen molar-refractivity contribution in [1.29, 1.82) is 0 Å². The molecule has 0 saturated heterocycles. The second kappa shape index (κ2) is 3.40. The van der Waals surface area contributed by atoms with Crippen molar-refractivity contribution in [1.82, 2.24) is 9.78 Å². The van der Waals surface area contributed by atoms with E-state index in [-0.39, 0.29) is 0 Å². The van der Waals surface area contributed by atoms with Crippen molar-refractivity contribution in [3.8, 4) is 0 Å². The van der Waals surface area contributed by atoms with Crippen molar-refractivity contribution in [2.45, 2.75) is 6.54 Å². The first-order chi connectivity index (χ1) is 6.27. The second-order valence-electron chi connectivity index (χ2n) is 2.61. The lowest BCUT2D eigenvalue weighted by atomic mass is 10.5. The molecule has 2 N–H and O–H groups in total. The van der Waals surface area contributed by atoms with Crippen LogP contribution in [0.15, 0.2) is 23.7 Å². The summed E-state index contributed by atoms with van der Waals surface area (Å²) in [5, 5.41) is 6.59. The van der Waals surface area contributed by atoms with Gasteiger partial charge in [-0.3, -0.25) is 0 Å². The lowest BCUT2D eigenvalue weighted by molar-refractivity contribution is 0.705. The summed E-state index contributed by atoms with van der Waals surface area (Å²) in [5.74, 6) is 0.523. The zero-order valence-electron chi connectivity index (χ0n) is 6.77. The van der Waals surface area contributed by atoms with Crippen LogP contribution in [-0.2, 0) is 6.54 Å². The van der Waals surface area contributed by atoms with Crippen molar-refractivity contribution in [3.63, 3.8) is 0 Å². The van der Waals surface area contributed by atoms with Crippen molar-refractivity contribution in [2.24, 2.45) is 0 Å². The number of nitrogens with two attached hydrogens (primary N) is 1. The summed E-state index contributed by atoms with van der Waals surface area (Å²) in [7, 11) is 0. The monoisotopic (exact) mass is 213 g/mol. The number of thiophene rings is 1. The molecule has 5 heteroatoms. The van der Waals surface area contributed by atoms with Gasteiger partial charge in [-0.05, 0) is 11.4 Å². The summed E-state index contributed by atoms with van der Waals surface area (Å²) in [6.45, 7) is 0.691. The minimum Gasteiger partial charge on any atom is -0.383 e. The van der Waals surface area contributed by atoms with E-state index in [9.17, 15) is 0 Å². The molecule has 0 aromatic carbocycles. The van der Waals surface area contributed by atoms with E-state index < -0.39 is 0 Å². The van der Waals surface area contributed by atoms with Crippen molar-refractivity contribution in [3.05, 3.63) is 33.6 Å². The van der Waals surface area contributed by atoms with E-state index in [1.807, 2.05) is 17.5 Å². The van der Waals surface area contributed by atoms with Gasteiger partial charge in [-0.1, -0.05) is 17.7 Å². The molecule has 0 amide bonds. The highest BCUT2D eigenvalue weighted by molar-refractivity contribution is 7.09. The molecule has 2 heterocycles. The summed E-state index contributed by atoms with van der Waals surface area (Å²) in [6, 6.07) is 4.04. The topological polar surface area (TPSA) is 43.8 Å². The van der Waals surface area contributed by atoms with Crippen LogP contribution in [0, 0.1) is 0 Å². The number of hydrogen-bond acceptors (Lipinski definition) is 3. The average Bonchev–Trinajstić information content (AvgIpc) is 2.71. The molecule has 0 saturated carbocycles. The van der Waals surface area contributed by atoms with Gasteiger partial charge in [0.05, 0.1) is 12.7 Å². The van der Waals surface area contributed by atoms with E-state index in [0.29, 0.717) is 17.4 Å². The molecule has 0 fully saturated rings. The van der Waals surface area contributed by atoms with Crippen LogP contribution in [0.2, 0.25) is 5.02 Å². The van der Waals surface area contributed by atoms with Crippen LogP contribution in [0.5, 0.6) is 0 Å². The van der Waals surface area contributed by atoms with E-state index in [0.717, 1.165) is 0 Å². The van der Waals surface area contributed by atoms with Crippen LogP contribution >= 0.6 is 22.9 Å². The van der Waals surface area contributed by atoms with Gasteiger partial charge < -0.3 is 5.73 Å². The van der Waals surface area contributed by atoms with Crippen LogP contribution in [0.25, 0.3) is 0 Å². The molecule has 0 spiro atoms. The van der Waals surface area contributed by atoms with Crippen LogP contribution in [0.3, 0.4) is 0 Å². The molecule has 0 aliphatic carbocycles. The molecule has 0 bridgehead atoms. The Morgan fingerprint density at radius 2 is 2.46 bits per heavy atom. The molecular formula is C8H8ClN3S. The Hall–Kier alpha value is -1.000. The summed E-state index contributed by atoms with van der Waals surface area (Å²) in [5.41, 5.74) is 5.69. The normalized spacial score (nSPS) is 10.5. The zero-order chi connectivity index (χ0) is 9.26. The predicted octanol–water partition coefficient (Wildman–Crippen LogP) is 2.23. The first-order valence-corrected chi connectivity index (χ1v) is 5.02. The van der Waals surface area contributed by atoms with E-state index in [1.54, 1.807) is 22.2 Å². The third-order valence-electron chi connectivity index (χ3n) is 1.72. The zero-order valence-corrected chi connectivity index (χ0v) is 8.35. The highest BCUT2D eigenvalue weighted by atomic mass is 35.5. The average molecular weight is 214 g/mol. The molecule has 2 aromatic rings. The third-order valence-corrected chi connectivity index (χ3v) is 2.87. The Morgan fingerprint density at radius 3 is 3.00 bits per heavy atom. The quantitative estimate of drug-likeness (QED) is 0.832. The molecule has 0 atom stereocenters. The van der Waals surface area contributed by atoms with Gasteiger partial charge in [0, 0.05) is 4.88 Å². The molecule has 13 heavy (non-hydrogen) atoms. The number of hydrogen-bond donors (Lipinski definition) is 1. The molecule has 0 aliphatic heterocycles. The standard InChI is InChI=1S/C8H8ClN3S/c9-7-4-11-12(8(7)10)5-6-2-1-3-13-6/h1-4H,5,10H2. The smallest absolute Gasteiger partial charge is 0.140 e. The maximum Gasteiger partial charge on any atom is 0.140 e. The van der Waals surface area contributed by atoms with Gasteiger partial charge in [-0.15, -0.1) is 11.3 Å². The maximum absolute atomic E-state index is 5.76. The Bertz CT molecular complexity index is 393. The molecule has 2 rings (SSSR count). The number of aromatic nitrogens is 2. The Morgan fingerprint density at radius 1 is 1.62 bits per heavy atom. The Kier molecular flexibility index (Phi) is 2.24. The number of nitrogen functional groups attached to an aromatic ring is 1. The van der Waals surface area contributed by atoms with Gasteiger partial charge in [0.15, 0.2) is 0 Å². The van der Waals surface area contributed by atoms with Gasteiger partial charge in [-0.25, -0.2) is 4.68 Å². The first kappa shape index (κ1) is 8.59. The lowest BCUT2D eigenvalue weighted by Gasteiger charge is -2.00. The minimum absolute atomic E-state index is 0.511. The summed E-state index contributed by atoms with van der Waals surface area (Å²) in [6.07, 6.45) is 1.56. The minimum atomic E-state index is 0.511. The van der Waals surface area contributed by atoms with Crippen molar-refractivity contribution >= 4 is 28.8 Å². The van der Waals surface area contributed by atoms with Gasteiger partial charge in [0.2, 0.25) is 0 Å². The van der Waals surface area contributed by atoms with Gasteiger partial charge in [-0.2, -0.15) is 5.10 Å². The number of nitrogens with zero attached hydrogens (tertiary/aromatic N) is 2. The Balaban J connectivity index is 2.24. The third kappa shape index (κ3) is 1.68.